The number of halogens is 3. The number of hydrogen-bond acceptors (Lipinski definition) is 4. The first-order valence-electron chi connectivity index (χ1n) is 11.9. The Kier molecular flexibility index (Phi) is 9.62. The Morgan fingerprint density at radius 1 is 1.00 bits per heavy atom. The Hall–Kier alpha value is -2.55. The minimum absolute atomic E-state index is 0.0170. The molecule has 0 radical (unpaired) electrons. The lowest BCUT2D eigenvalue weighted by Crippen LogP contribution is -2.35. The molecule has 1 atom stereocenters. The second-order valence-electron chi connectivity index (χ2n) is 11.0. The zero-order chi connectivity index (χ0) is 27.3. The predicted octanol–water partition coefficient (Wildman–Crippen LogP) is 6.92. The van der Waals surface area contributed by atoms with Gasteiger partial charge in [-0.1, -0.05) is 59.7 Å². The van der Waals surface area contributed by atoms with Gasteiger partial charge in [-0.15, -0.1) is 0 Å². The van der Waals surface area contributed by atoms with E-state index in [4.69, 9.17) is 4.18 Å². The highest BCUT2D eigenvalue weighted by Gasteiger charge is 2.32. The van der Waals surface area contributed by atoms with Crippen LogP contribution in [-0.4, -0.2) is 25.8 Å². The van der Waals surface area contributed by atoms with Crippen molar-refractivity contribution in [3.05, 3.63) is 59.7 Å². The first-order valence-corrected chi connectivity index (χ1v) is 13.4. The summed E-state index contributed by atoms with van der Waals surface area (Å²) in [5.74, 6) is 0.415. The molecule has 0 unspecified atom stereocenters. The van der Waals surface area contributed by atoms with E-state index in [9.17, 15) is 26.4 Å². The quantitative estimate of drug-likeness (QED) is 0.315. The fraction of sp³-hybridized carbons (Fsp3) is 0.519. The lowest BCUT2D eigenvalue weighted by molar-refractivity contribution is -0.137. The average molecular weight is 528 g/mol. The molecule has 2 aromatic rings. The average Bonchev–Trinajstić information content (AvgIpc) is 2.71. The van der Waals surface area contributed by atoms with Crippen molar-refractivity contribution in [3.8, 4) is 5.75 Å². The molecule has 0 spiro atoms. The Balaban J connectivity index is 2.20. The van der Waals surface area contributed by atoms with Gasteiger partial charge in [0.2, 0.25) is 5.91 Å². The lowest BCUT2D eigenvalue weighted by atomic mass is 9.84. The van der Waals surface area contributed by atoms with Crippen LogP contribution >= 0.6 is 0 Å². The highest BCUT2D eigenvalue weighted by Crippen LogP contribution is 2.31. The molecule has 0 aromatic heterocycles. The smallest absolute Gasteiger partial charge is 0.379 e. The van der Waals surface area contributed by atoms with E-state index >= 15 is 0 Å². The van der Waals surface area contributed by atoms with Gasteiger partial charge in [-0.2, -0.15) is 21.6 Å². The maximum atomic E-state index is 13.1. The molecule has 200 valence electrons. The van der Waals surface area contributed by atoms with Crippen LogP contribution < -0.4 is 4.18 Å². The first kappa shape index (κ1) is 29.7. The Bertz CT molecular complexity index is 1140. The second kappa shape index (κ2) is 11.7. The molecule has 0 aliphatic carbocycles. The maximum absolute atomic E-state index is 13.1. The fourth-order valence-electron chi connectivity index (χ4n) is 4.16. The summed E-state index contributed by atoms with van der Waals surface area (Å²) in [7, 11) is -4.49. The summed E-state index contributed by atoms with van der Waals surface area (Å²) in [5, 5.41) is 0. The van der Waals surface area contributed by atoms with Gasteiger partial charge in [0.05, 0.1) is 5.56 Å². The molecule has 2 rings (SSSR count). The molecule has 0 aliphatic heterocycles. The lowest BCUT2D eigenvalue weighted by Gasteiger charge is -2.28. The molecule has 36 heavy (non-hydrogen) atoms. The van der Waals surface area contributed by atoms with E-state index in [2.05, 4.69) is 27.7 Å². The Morgan fingerprint density at radius 2 is 1.64 bits per heavy atom. The van der Waals surface area contributed by atoms with Gasteiger partial charge in [0.25, 0.3) is 0 Å². The topological polar surface area (TPSA) is 63.7 Å². The van der Waals surface area contributed by atoms with Gasteiger partial charge in [-0.3, -0.25) is 4.79 Å². The number of rotatable bonds is 10. The molecule has 0 heterocycles. The van der Waals surface area contributed by atoms with Gasteiger partial charge in [0.1, 0.15) is 10.6 Å². The zero-order valence-electron chi connectivity index (χ0n) is 21.7. The first-order chi connectivity index (χ1) is 16.5. The number of alkyl halides is 3. The van der Waals surface area contributed by atoms with Crippen LogP contribution in [0, 0.1) is 17.3 Å². The summed E-state index contributed by atoms with van der Waals surface area (Å²) in [6.45, 7) is 13.3. The Morgan fingerprint density at radius 3 is 2.22 bits per heavy atom. The molecule has 2 aromatic carbocycles. The molecule has 0 bridgehead atoms. The number of hydrogen-bond donors (Lipinski definition) is 0. The molecule has 0 saturated carbocycles. The highest BCUT2D eigenvalue weighted by molar-refractivity contribution is 7.87. The zero-order valence-corrected chi connectivity index (χ0v) is 22.5. The minimum Gasteiger partial charge on any atom is -0.379 e. The molecule has 5 nitrogen and oxygen atoms in total. The van der Waals surface area contributed by atoms with Crippen LogP contribution in [0.3, 0.4) is 0 Å². The number of carbonyl (C=O) groups excluding carboxylic acids is 1. The summed E-state index contributed by atoms with van der Waals surface area (Å²) >= 11 is 0. The van der Waals surface area contributed by atoms with E-state index in [1.807, 2.05) is 13.8 Å². The van der Waals surface area contributed by atoms with E-state index in [0.29, 0.717) is 24.6 Å². The van der Waals surface area contributed by atoms with Crippen LogP contribution in [0.25, 0.3) is 0 Å². The van der Waals surface area contributed by atoms with E-state index in [0.717, 1.165) is 24.6 Å². The Labute approximate surface area is 212 Å². The number of amides is 1. The van der Waals surface area contributed by atoms with Gasteiger partial charge in [-0.05, 0) is 59.6 Å². The van der Waals surface area contributed by atoms with Gasteiger partial charge >= 0.3 is 16.3 Å². The summed E-state index contributed by atoms with van der Waals surface area (Å²) < 4.78 is 69.5. The summed E-state index contributed by atoms with van der Waals surface area (Å²) in [4.78, 5) is 14.3. The van der Waals surface area contributed by atoms with Crippen LogP contribution in [-0.2, 0) is 27.6 Å². The highest BCUT2D eigenvalue weighted by atomic mass is 32.2. The summed E-state index contributed by atoms with van der Waals surface area (Å²) in [5.41, 5.74) is -0.312. The van der Waals surface area contributed by atoms with Gasteiger partial charge < -0.3 is 9.08 Å². The molecule has 0 N–H and O–H groups in total. The van der Waals surface area contributed by atoms with E-state index in [-0.39, 0.29) is 35.5 Å². The van der Waals surface area contributed by atoms with Crippen molar-refractivity contribution < 1.29 is 30.6 Å². The van der Waals surface area contributed by atoms with Crippen LogP contribution in [0.15, 0.2) is 53.4 Å². The number of nitrogens with zero attached hydrogens (tertiary/aromatic N) is 1. The van der Waals surface area contributed by atoms with Crippen LogP contribution in [0.2, 0.25) is 0 Å². The van der Waals surface area contributed by atoms with Crippen molar-refractivity contribution in [2.75, 3.05) is 6.54 Å². The predicted molar refractivity (Wildman–Crippen MR) is 134 cm³/mol. The third-order valence-electron chi connectivity index (χ3n) is 5.35. The van der Waals surface area contributed by atoms with Gasteiger partial charge in [0, 0.05) is 19.5 Å². The third kappa shape index (κ3) is 9.48. The summed E-state index contributed by atoms with van der Waals surface area (Å²) in [6.07, 6.45) is -3.36. The van der Waals surface area contributed by atoms with E-state index < -0.39 is 26.8 Å². The normalized spacial score (nSPS) is 13.5. The molecule has 1 amide bonds. The van der Waals surface area contributed by atoms with Crippen molar-refractivity contribution in [2.24, 2.45) is 17.3 Å². The van der Waals surface area contributed by atoms with Crippen molar-refractivity contribution >= 4 is 16.0 Å². The van der Waals surface area contributed by atoms with Crippen LogP contribution in [0.5, 0.6) is 5.75 Å². The largest absolute Gasteiger partial charge is 0.416 e. The summed E-state index contributed by atoms with van der Waals surface area (Å²) in [6, 6.07) is 9.65. The van der Waals surface area contributed by atoms with Crippen molar-refractivity contribution in [3.63, 3.8) is 0 Å². The van der Waals surface area contributed by atoms with Gasteiger partial charge in [-0.25, -0.2) is 0 Å². The third-order valence-corrected chi connectivity index (χ3v) is 6.59. The van der Waals surface area contributed by atoms with Crippen LogP contribution in [0.1, 0.15) is 65.5 Å². The number of benzene rings is 2. The van der Waals surface area contributed by atoms with Crippen molar-refractivity contribution in [1.82, 2.24) is 4.90 Å². The maximum Gasteiger partial charge on any atom is 0.416 e. The number of carbonyl (C=O) groups is 1. The molecule has 9 heteroatoms. The van der Waals surface area contributed by atoms with Gasteiger partial charge in [0.15, 0.2) is 0 Å². The van der Waals surface area contributed by atoms with Crippen LogP contribution in [0.4, 0.5) is 13.2 Å². The standard InChI is InChI=1S/C27H36F3NO4S/c1-19(2)17-31(25(32)13-20(3)16-26(4,5)6)18-21-9-7-11-23(14-21)35-36(33,34)24-12-8-10-22(15-24)27(28,29)30/h7-12,14-15,19-20H,13,16-18H2,1-6H3/t20-/m1/s1. The molecule has 0 saturated heterocycles. The monoisotopic (exact) mass is 527 g/mol. The van der Waals surface area contributed by atoms with Crippen molar-refractivity contribution in [2.45, 2.75) is 72.0 Å². The fourth-order valence-corrected chi connectivity index (χ4v) is 5.13. The van der Waals surface area contributed by atoms with Crippen molar-refractivity contribution in [1.29, 1.82) is 0 Å². The SMILES string of the molecule is CC(C)CN(Cc1cccc(OS(=O)(=O)c2cccc(C(F)(F)F)c2)c1)C(=O)C[C@@H](C)CC(C)(C)C. The van der Waals surface area contributed by atoms with E-state index in [1.54, 1.807) is 17.0 Å². The molecule has 0 fully saturated rings. The molecular weight excluding hydrogens is 491 g/mol. The molecular formula is C27H36F3NO4S. The second-order valence-corrected chi connectivity index (χ2v) is 12.5. The minimum atomic E-state index is -4.68. The molecule has 0 aliphatic rings. The van der Waals surface area contributed by atoms with E-state index in [1.165, 1.54) is 12.1 Å².